The van der Waals surface area contributed by atoms with Crippen molar-refractivity contribution in [3.05, 3.63) is 0 Å². The molecule has 0 bridgehead atoms. The average Bonchev–Trinajstić information content (AvgIpc) is 2.58. The van der Waals surface area contributed by atoms with E-state index in [1.165, 1.54) is 12.8 Å². The molecule has 1 heterocycles. The summed E-state index contributed by atoms with van der Waals surface area (Å²) in [5, 5.41) is 0. The Labute approximate surface area is 70.8 Å². The van der Waals surface area contributed by atoms with Crippen molar-refractivity contribution in [2.24, 2.45) is 16.6 Å². The first-order valence-electron chi connectivity index (χ1n) is 4.32. The Hall–Kier alpha value is -1.06. The first-order chi connectivity index (χ1) is 5.77. The van der Waals surface area contributed by atoms with E-state index in [9.17, 15) is 4.79 Å². The lowest BCUT2D eigenvalue weighted by Gasteiger charge is -2.15. The summed E-state index contributed by atoms with van der Waals surface area (Å²) < 4.78 is 4.99. The van der Waals surface area contributed by atoms with Gasteiger partial charge >= 0.3 is 6.09 Å². The van der Waals surface area contributed by atoms with Gasteiger partial charge in [-0.05, 0) is 12.8 Å². The Morgan fingerprint density at radius 3 is 2.58 bits per heavy atom. The summed E-state index contributed by atoms with van der Waals surface area (Å²) >= 11 is 0. The van der Waals surface area contributed by atoms with Gasteiger partial charge in [0.15, 0.2) is 6.10 Å². The minimum absolute atomic E-state index is 0.222. The van der Waals surface area contributed by atoms with Crippen LogP contribution in [-0.2, 0) is 4.74 Å². The monoisotopic (exact) mass is 168 g/mol. The van der Waals surface area contributed by atoms with E-state index in [0.717, 1.165) is 12.8 Å². The number of amides is 1. The molecule has 1 saturated carbocycles. The molecular weight excluding hydrogens is 156 g/mol. The number of aliphatic imine (C=N–C) groups is 1. The molecule has 1 unspecified atom stereocenters. The topological polar surface area (TPSA) is 64.7 Å². The third kappa shape index (κ3) is 1.17. The summed E-state index contributed by atoms with van der Waals surface area (Å²) in [6.07, 6.45) is 3.89. The van der Waals surface area contributed by atoms with E-state index >= 15 is 0 Å². The highest BCUT2D eigenvalue weighted by atomic mass is 16.6. The molecule has 0 saturated heterocycles. The highest BCUT2D eigenvalue weighted by Gasteiger charge is 2.35. The lowest BCUT2D eigenvalue weighted by molar-refractivity contribution is 0.120. The average molecular weight is 168 g/mol. The third-order valence-electron chi connectivity index (χ3n) is 2.57. The van der Waals surface area contributed by atoms with Gasteiger partial charge in [0.05, 0.1) is 0 Å². The van der Waals surface area contributed by atoms with Crippen molar-refractivity contribution in [1.82, 2.24) is 0 Å². The minimum atomic E-state index is -0.524. The Balaban J connectivity index is 2.05. The van der Waals surface area contributed by atoms with E-state index < -0.39 is 6.09 Å². The smallest absolute Gasteiger partial charge is 0.436 e. The predicted molar refractivity (Wildman–Crippen MR) is 43.8 cm³/mol. The van der Waals surface area contributed by atoms with Crippen LogP contribution in [0.15, 0.2) is 4.99 Å². The maximum absolute atomic E-state index is 10.7. The van der Waals surface area contributed by atoms with Crippen LogP contribution in [0.5, 0.6) is 0 Å². The van der Waals surface area contributed by atoms with Crippen molar-refractivity contribution in [2.45, 2.75) is 31.8 Å². The molecule has 0 radical (unpaired) electrons. The maximum Gasteiger partial charge on any atom is 0.436 e. The van der Waals surface area contributed by atoms with Gasteiger partial charge < -0.3 is 10.5 Å². The molecule has 2 rings (SSSR count). The zero-order chi connectivity index (χ0) is 8.55. The predicted octanol–water partition coefficient (Wildman–Crippen LogP) is 1.05. The van der Waals surface area contributed by atoms with E-state index in [4.69, 9.17) is 10.5 Å². The number of ether oxygens (including phenoxy) is 1. The van der Waals surface area contributed by atoms with Crippen LogP contribution >= 0.6 is 0 Å². The number of hydrogen-bond donors (Lipinski definition) is 1. The number of amidine groups is 1. The van der Waals surface area contributed by atoms with Crippen molar-refractivity contribution in [1.29, 1.82) is 0 Å². The summed E-state index contributed by atoms with van der Waals surface area (Å²) in [4.78, 5) is 14.3. The molecule has 1 fully saturated rings. The van der Waals surface area contributed by atoms with Gasteiger partial charge in [0.25, 0.3) is 0 Å². The van der Waals surface area contributed by atoms with Gasteiger partial charge in [-0.3, -0.25) is 0 Å². The zero-order valence-electron chi connectivity index (χ0n) is 6.82. The molecule has 0 aromatic rings. The SMILES string of the molecule is NC1=NC(=O)OC1C1CCCC1. The fraction of sp³-hybridized carbons (Fsp3) is 0.750. The molecule has 0 spiro atoms. The molecular formula is C8H12N2O2. The second-order valence-corrected chi connectivity index (χ2v) is 3.39. The van der Waals surface area contributed by atoms with Gasteiger partial charge in [-0.2, -0.15) is 4.99 Å². The zero-order valence-corrected chi connectivity index (χ0v) is 6.82. The van der Waals surface area contributed by atoms with E-state index in [1.54, 1.807) is 0 Å². The van der Waals surface area contributed by atoms with Crippen molar-refractivity contribution < 1.29 is 9.53 Å². The molecule has 66 valence electrons. The summed E-state index contributed by atoms with van der Waals surface area (Å²) in [7, 11) is 0. The second-order valence-electron chi connectivity index (χ2n) is 3.39. The minimum Gasteiger partial charge on any atom is -0.436 e. The van der Waals surface area contributed by atoms with Crippen LogP contribution in [0, 0.1) is 5.92 Å². The molecule has 4 heteroatoms. The van der Waals surface area contributed by atoms with Gasteiger partial charge in [-0.1, -0.05) is 12.8 Å². The molecule has 0 aromatic carbocycles. The lowest BCUT2D eigenvalue weighted by atomic mass is 10.0. The molecule has 1 atom stereocenters. The fourth-order valence-corrected chi connectivity index (χ4v) is 1.96. The van der Waals surface area contributed by atoms with Crippen LogP contribution in [0.25, 0.3) is 0 Å². The van der Waals surface area contributed by atoms with Crippen molar-refractivity contribution in [2.75, 3.05) is 0 Å². The Morgan fingerprint density at radius 1 is 1.42 bits per heavy atom. The Kier molecular flexibility index (Phi) is 1.75. The summed E-state index contributed by atoms with van der Waals surface area (Å²) in [6.45, 7) is 0. The summed E-state index contributed by atoms with van der Waals surface area (Å²) in [6, 6.07) is 0. The van der Waals surface area contributed by atoms with Crippen LogP contribution in [0.2, 0.25) is 0 Å². The maximum atomic E-state index is 10.7. The number of hydrogen-bond acceptors (Lipinski definition) is 3. The van der Waals surface area contributed by atoms with Crippen molar-refractivity contribution in [3.63, 3.8) is 0 Å². The van der Waals surface area contributed by atoms with E-state index in [2.05, 4.69) is 4.99 Å². The van der Waals surface area contributed by atoms with Gasteiger partial charge in [-0.15, -0.1) is 0 Å². The quantitative estimate of drug-likeness (QED) is 0.636. The first-order valence-corrected chi connectivity index (χ1v) is 4.32. The van der Waals surface area contributed by atoms with Crippen LogP contribution in [0.4, 0.5) is 4.79 Å². The highest BCUT2D eigenvalue weighted by Crippen LogP contribution is 2.31. The molecule has 1 aliphatic carbocycles. The first kappa shape index (κ1) is 7.58. The highest BCUT2D eigenvalue weighted by molar-refractivity contribution is 5.99. The summed E-state index contributed by atoms with van der Waals surface area (Å²) in [5.41, 5.74) is 5.55. The molecule has 1 aliphatic heterocycles. The molecule has 12 heavy (non-hydrogen) atoms. The lowest BCUT2D eigenvalue weighted by Crippen LogP contribution is -2.32. The number of rotatable bonds is 1. The normalized spacial score (nSPS) is 30.5. The second kappa shape index (κ2) is 2.77. The van der Waals surface area contributed by atoms with Crippen LogP contribution in [0.1, 0.15) is 25.7 Å². The van der Waals surface area contributed by atoms with Crippen molar-refractivity contribution >= 4 is 11.9 Å². The van der Waals surface area contributed by atoms with E-state index in [1.807, 2.05) is 0 Å². The number of nitrogens with zero attached hydrogens (tertiary/aromatic N) is 1. The van der Waals surface area contributed by atoms with E-state index in [-0.39, 0.29) is 6.10 Å². The Morgan fingerprint density at radius 2 is 2.08 bits per heavy atom. The largest absolute Gasteiger partial charge is 0.436 e. The van der Waals surface area contributed by atoms with Gasteiger partial charge in [0.1, 0.15) is 5.84 Å². The van der Waals surface area contributed by atoms with E-state index in [0.29, 0.717) is 11.8 Å². The van der Waals surface area contributed by atoms with Gasteiger partial charge in [0, 0.05) is 5.92 Å². The van der Waals surface area contributed by atoms with Gasteiger partial charge in [-0.25, -0.2) is 4.79 Å². The number of nitrogens with two attached hydrogens (primary N) is 1. The standard InChI is InChI=1S/C8H12N2O2/c9-7-6(12-8(11)10-7)5-3-1-2-4-5/h5-6H,1-4H2,(H2,9,10,11). The Bertz CT molecular complexity index is 231. The number of carbonyl (C=O) groups excluding carboxylic acids is 1. The van der Waals surface area contributed by atoms with Crippen LogP contribution in [0.3, 0.4) is 0 Å². The molecule has 2 aliphatic rings. The fourth-order valence-electron chi connectivity index (χ4n) is 1.96. The number of cyclic esters (lactones) is 1. The van der Waals surface area contributed by atoms with Gasteiger partial charge in [0.2, 0.25) is 0 Å². The molecule has 1 amide bonds. The third-order valence-corrected chi connectivity index (χ3v) is 2.57. The number of carbonyl (C=O) groups is 1. The van der Waals surface area contributed by atoms with Crippen LogP contribution in [-0.4, -0.2) is 18.0 Å². The molecule has 0 aromatic heterocycles. The van der Waals surface area contributed by atoms with Crippen LogP contribution < -0.4 is 5.73 Å². The molecule has 4 nitrogen and oxygen atoms in total. The van der Waals surface area contributed by atoms with Crippen molar-refractivity contribution in [3.8, 4) is 0 Å². The molecule has 2 N–H and O–H groups in total. The summed E-state index contributed by atoms with van der Waals surface area (Å²) in [5.74, 6) is 0.784.